The lowest BCUT2D eigenvalue weighted by atomic mass is 10.2. The van der Waals surface area contributed by atoms with Crippen LogP contribution in [0.4, 0.5) is 23.4 Å². The lowest BCUT2D eigenvalue weighted by Gasteiger charge is -2.25. The van der Waals surface area contributed by atoms with Gasteiger partial charge in [-0.2, -0.15) is 22.7 Å². The second-order valence-electron chi connectivity index (χ2n) is 6.85. The summed E-state index contributed by atoms with van der Waals surface area (Å²) in [6.07, 6.45) is -2.48. The fourth-order valence-electron chi connectivity index (χ4n) is 2.97. The van der Waals surface area contributed by atoms with E-state index in [1.807, 2.05) is 4.90 Å². The zero-order chi connectivity index (χ0) is 19.2. The molecular formula is C18H17F4N5. The summed E-state index contributed by atoms with van der Waals surface area (Å²) in [4.78, 5) is 9.58. The predicted molar refractivity (Wildman–Crippen MR) is 90.7 cm³/mol. The molecule has 0 spiro atoms. The average molecular weight is 379 g/mol. The third-order valence-electron chi connectivity index (χ3n) is 4.46. The zero-order valence-corrected chi connectivity index (χ0v) is 14.5. The predicted octanol–water partition coefficient (Wildman–Crippen LogP) is 4.01. The Hall–Kier alpha value is -2.71. The summed E-state index contributed by atoms with van der Waals surface area (Å²) in [6, 6.07) is 7.78. The molecule has 0 saturated heterocycles. The third kappa shape index (κ3) is 3.86. The molecule has 2 heterocycles. The van der Waals surface area contributed by atoms with Crippen LogP contribution in [0.3, 0.4) is 0 Å². The van der Waals surface area contributed by atoms with Crippen LogP contribution in [0.5, 0.6) is 0 Å². The van der Waals surface area contributed by atoms with Crippen molar-refractivity contribution in [1.29, 1.82) is 0 Å². The Morgan fingerprint density at radius 1 is 1.15 bits per heavy atom. The van der Waals surface area contributed by atoms with Crippen molar-refractivity contribution >= 4 is 11.6 Å². The lowest BCUT2D eigenvalue weighted by Crippen LogP contribution is -2.28. The number of fused-ring (bicyclic) bond motifs is 1. The minimum atomic E-state index is -4.64. The molecule has 0 N–H and O–H groups in total. The van der Waals surface area contributed by atoms with Crippen LogP contribution in [0.2, 0.25) is 0 Å². The number of alkyl halides is 3. The van der Waals surface area contributed by atoms with Gasteiger partial charge >= 0.3 is 6.18 Å². The SMILES string of the molecule is Cc1cc(N(Cc2ccc(F)cc2)CC2CC2)n2nc(C(F)(F)F)nc2n1. The first kappa shape index (κ1) is 17.7. The van der Waals surface area contributed by atoms with Gasteiger partial charge in [-0.3, -0.25) is 0 Å². The summed E-state index contributed by atoms with van der Waals surface area (Å²) in [7, 11) is 0. The summed E-state index contributed by atoms with van der Waals surface area (Å²) in [5.41, 5.74) is 1.41. The quantitative estimate of drug-likeness (QED) is 0.629. The molecule has 0 amide bonds. The number of aryl methyl sites for hydroxylation is 1. The van der Waals surface area contributed by atoms with Crippen molar-refractivity contribution in [3.8, 4) is 0 Å². The smallest absolute Gasteiger partial charge is 0.352 e. The number of hydrogen-bond donors (Lipinski definition) is 0. The van der Waals surface area contributed by atoms with Gasteiger partial charge in [-0.25, -0.2) is 9.37 Å². The van der Waals surface area contributed by atoms with E-state index in [4.69, 9.17) is 0 Å². The second-order valence-corrected chi connectivity index (χ2v) is 6.85. The highest BCUT2D eigenvalue weighted by atomic mass is 19.4. The van der Waals surface area contributed by atoms with Gasteiger partial charge in [0.25, 0.3) is 11.6 Å². The number of benzene rings is 1. The van der Waals surface area contributed by atoms with E-state index in [0.29, 0.717) is 30.5 Å². The van der Waals surface area contributed by atoms with Crippen molar-refractivity contribution in [3.05, 3.63) is 53.2 Å². The molecule has 0 unspecified atom stereocenters. The minimum Gasteiger partial charge on any atom is -0.352 e. The van der Waals surface area contributed by atoms with Crippen LogP contribution in [0.25, 0.3) is 5.78 Å². The van der Waals surface area contributed by atoms with Crippen LogP contribution in [0, 0.1) is 18.7 Å². The Kier molecular flexibility index (Phi) is 4.24. The number of rotatable bonds is 5. The Labute approximate surface area is 152 Å². The molecule has 0 radical (unpaired) electrons. The Morgan fingerprint density at radius 3 is 2.48 bits per heavy atom. The summed E-state index contributed by atoms with van der Waals surface area (Å²) in [5, 5.41) is 3.65. The molecule has 3 aromatic rings. The average Bonchev–Trinajstić information content (AvgIpc) is 3.30. The highest BCUT2D eigenvalue weighted by Gasteiger charge is 2.37. The van der Waals surface area contributed by atoms with Gasteiger partial charge in [0.1, 0.15) is 11.6 Å². The van der Waals surface area contributed by atoms with Gasteiger partial charge < -0.3 is 4.90 Å². The van der Waals surface area contributed by atoms with E-state index in [-0.39, 0.29) is 11.6 Å². The standard InChI is InChI=1S/C18H17F4N5/c1-11-8-15(27-17(23-11)24-16(25-27)18(20,21)22)26(9-12-2-3-12)10-13-4-6-14(19)7-5-13/h4-8,12H,2-3,9-10H2,1H3. The number of halogens is 4. The van der Waals surface area contributed by atoms with E-state index in [9.17, 15) is 17.6 Å². The van der Waals surface area contributed by atoms with Crippen LogP contribution in [0.1, 0.15) is 29.9 Å². The fourth-order valence-corrected chi connectivity index (χ4v) is 2.97. The molecule has 5 nitrogen and oxygen atoms in total. The molecule has 9 heteroatoms. The van der Waals surface area contributed by atoms with Crippen molar-refractivity contribution in [2.75, 3.05) is 11.4 Å². The number of anilines is 1. The van der Waals surface area contributed by atoms with Gasteiger partial charge in [0, 0.05) is 24.8 Å². The Morgan fingerprint density at radius 2 is 1.85 bits per heavy atom. The summed E-state index contributed by atoms with van der Waals surface area (Å²) in [6.45, 7) is 2.81. The molecule has 4 rings (SSSR count). The van der Waals surface area contributed by atoms with Crippen LogP contribution in [-0.2, 0) is 12.7 Å². The van der Waals surface area contributed by atoms with E-state index >= 15 is 0 Å². The first-order valence-corrected chi connectivity index (χ1v) is 8.60. The maximum absolute atomic E-state index is 13.2. The van der Waals surface area contributed by atoms with E-state index in [1.54, 1.807) is 25.1 Å². The number of aromatic nitrogens is 4. The van der Waals surface area contributed by atoms with E-state index in [2.05, 4.69) is 15.1 Å². The van der Waals surface area contributed by atoms with Gasteiger partial charge in [0.05, 0.1) is 0 Å². The number of hydrogen-bond acceptors (Lipinski definition) is 4. The molecular weight excluding hydrogens is 362 g/mol. The molecule has 1 aliphatic carbocycles. The first-order valence-electron chi connectivity index (χ1n) is 8.60. The molecule has 0 atom stereocenters. The van der Waals surface area contributed by atoms with Gasteiger partial charge in [-0.05, 0) is 43.4 Å². The van der Waals surface area contributed by atoms with Gasteiger partial charge in [0.15, 0.2) is 0 Å². The van der Waals surface area contributed by atoms with Crippen LogP contribution < -0.4 is 4.90 Å². The molecule has 1 aliphatic rings. The molecule has 2 aromatic heterocycles. The summed E-state index contributed by atoms with van der Waals surface area (Å²) in [5.74, 6) is -0.649. The fraction of sp³-hybridized carbons (Fsp3) is 0.389. The maximum Gasteiger partial charge on any atom is 0.453 e. The molecule has 1 aromatic carbocycles. The van der Waals surface area contributed by atoms with Crippen molar-refractivity contribution in [1.82, 2.24) is 19.6 Å². The topological polar surface area (TPSA) is 46.3 Å². The zero-order valence-electron chi connectivity index (χ0n) is 14.5. The molecule has 27 heavy (non-hydrogen) atoms. The monoisotopic (exact) mass is 379 g/mol. The summed E-state index contributed by atoms with van der Waals surface area (Å²) < 4.78 is 53.5. The van der Waals surface area contributed by atoms with Crippen molar-refractivity contribution < 1.29 is 17.6 Å². The minimum absolute atomic E-state index is 0.0859. The Balaban J connectivity index is 1.77. The van der Waals surface area contributed by atoms with Crippen molar-refractivity contribution in [2.24, 2.45) is 5.92 Å². The highest BCUT2D eigenvalue weighted by molar-refractivity contribution is 5.48. The van der Waals surface area contributed by atoms with Crippen LogP contribution in [-0.4, -0.2) is 26.1 Å². The molecule has 0 bridgehead atoms. The second kappa shape index (κ2) is 6.47. The van der Waals surface area contributed by atoms with Crippen LogP contribution >= 0.6 is 0 Å². The van der Waals surface area contributed by atoms with Crippen molar-refractivity contribution in [3.63, 3.8) is 0 Å². The highest BCUT2D eigenvalue weighted by Crippen LogP contribution is 2.33. The van der Waals surface area contributed by atoms with Crippen molar-refractivity contribution in [2.45, 2.75) is 32.5 Å². The van der Waals surface area contributed by atoms with Gasteiger partial charge in [0.2, 0.25) is 0 Å². The maximum atomic E-state index is 13.2. The largest absolute Gasteiger partial charge is 0.453 e. The molecule has 0 aliphatic heterocycles. The van der Waals surface area contributed by atoms with E-state index in [1.165, 1.54) is 12.1 Å². The van der Waals surface area contributed by atoms with Crippen LogP contribution in [0.15, 0.2) is 30.3 Å². The molecule has 1 fully saturated rings. The van der Waals surface area contributed by atoms with Gasteiger partial charge in [-0.1, -0.05) is 12.1 Å². The summed E-state index contributed by atoms with van der Waals surface area (Å²) >= 11 is 0. The lowest BCUT2D eigenvalue weighted by molar-refractivity contribution is -0.144. The van der Waals surface area contributed by atoms with Gasteiger partial charge in [-0.15, -0.1) is 5.10 Å². The molecule has 142 valence electrons. The van der Waals surface area contributed by atoms with E-state index < -0.39 is 12.0 Å². The van der Waals surface area contributed by atoms with E-state index in [0.717, 1.165) is 22.9 Å². The first-order chi connectivity index (χ1) is 12.8. The normalized spacial score (nSPS) is 14.7. The Bertz CT molecular complexity index is 960. The molecule has 1 saturated carbocycles. The number of nitrogens with zero attached hydrogens (tertiary/aromatic N) is 5. The third-order valence-corrected chi connectivity index (χ3v) is 4.46.